The minimum atomic E-state index is -0.0708. The van der Waals surface area contributed by atoms with Crippen LogP contribution in [0.1, 0.15) is 21.5 Å². The molecule has 0 spiro atoms. The van der Waals surface area contributed by atoms with E-state index in [0.717, 1.165) is 26.9 Å². The molecule has 0 bridgehead atoms. The average molecular weight is 304 g/mol. The van der Waals surface area contributed by atoms with Crippen LogP contribution in [0.15, 0.2) is 46.9 Å². The SMILES string of the molecule is Cc1ccc(C)c(C(=O)Nc2ccc(Br)cc2)c1. The number of halogens is 1. The van der Waals surface area contributed by atoms with E-state index in [4.69, 9.17) is 0 Å². The van der Waals surface area contributed by atoms with Gasteiger partial charge in [0, 0.05) is 15.7 Å². The van der Waals surface area contributed by atoms with E-state index in [2.05, 4.69) is 21.2 Å². The van der Waals surface area contributed by atoms with Gasteiger partial charge in [0.25, 0.3) is 5.91 Å². The molecule has 2 aromatic rings. The van der Waals surface area contributed by atoms with Crippen molar-refractivity contribution in [3.8, 4) is 0 Å². The molecule has 0 aromatic heterocycles. The van der Waals surface area contributed by atoms with Crippen molar-refractivity contribution in [1.29, 1.82) is 0 Å². The summed E-state index contributed by atoms with van der Waals surface area (Å²) >= 11 is 3.37. The van der Waals surface area contributed by atoms with Crippen LogP contribution in [-0.4, -0.2) is 5.91 Å². The highest BCUT2D eigenvalue weighted by molar-refractivity contribution is 9.10. The van der Waals surface area contributed by atoms with Crippen LogP contribution in [0.2, 0.25) is 0 Å². The molecule has 0 radical (unpaired) electrons. The highest BCUT2D eigenvalue weighted by Crippen LogP contribution is 2.17. The van der Waals surface area contributed by atoms with Gasteiger partial charge in [0.15, 0.2) is 0 Å². The average Bonchev–Trinajstić information content (AvgIpc) is 2.35. The first-order chi connectivity index (χ1) is 8.56. The number of anilines is 1. The van der Waals surface area contributed by atoms with Gasteiger partial charge in [0.1, 0.15) is 0 Å². The fourth-order valence-electron chi connectivity index (χ4n) is 1.71. The van der Waals surface area contributed by atoms with Gasteiger partial charge in [-0.1, -0.05) is 33.6 Å². The van der Waals surface area contributed by atoms with E-state index in [1.54, 1.807) is 0 Å². The maximum Gasteiger partial charge on any atom is 0.255 e. The van der Waals surface area contributed by atoms with Crippen molar-refractivity contribution >= 4 is 27.5 Å². The van der Waals surface area contributed by atoms with E-state index in [1.807, 2.05) is 56.3 Å². The number of amides is 1. The molecule has 0 heterocycles. The van der Waals surface area contributed by atoms with E-state index in [9.17, 15) is 4.79 Å². The lowest BCUT2D eigenvalue weighted by Gasteiger charge is -2.08. The van der Waals surface area contributed by atoms with E-state index in [-0.39, 0.29) is 5.91 Å². The molecule has 0 aliphatic carbocycles. The summed E-state index contributed by atoms with van der Waals surface area (Å²) in [5.74, 6) is -0.0708. The summed E-state index contributed by atoms with van der Waals surface area (Å²) < 4.78 is 0.993. The molecule has 2 nitrogen and oxygen atoms in total. The zero-order valence-electron chi connectivity index (χ0n) is 10.3. The third kappa shape index (κ3) is 2.99. The number of hydrogen-bond acceptors (Lipinski definition) is 1. The molecule has 1 amide bonds. The predicted molar refractivity (Wildman–Crippen MR) is 78.0 cm³/mol. The third-order valence-electron chi connectivity index (χ3n) is 2.74. The molecular weight excluding hydrogens is 290 g/mol. The Morgan fingerprint density at radius 3 is 2.39 bits per heavy atom. The summed E-state index contributed by atoms with van der Waals surface area (Å²) in [5, 5.41) is 2.89. The summed E-state index contributed by atoms with van der Waals surface area (Å²) in [7, 11) is 0. The first-order valence-corrected chi connectivity index (χ1v) is 6.50. The van der Waals surface area contributed by atoms with E-state index >= 15 is 0 Å². The Labute approximate surface area is 115 Å². The van der Waals surface area contributed by atoms with Gasteiger partial charge >= 0.3 is 0 Å². The second kappa shape index (κ2) is 5.36. The third-order valence-corrected chi connectivity index (χ3v) is 3.27. The Morgan fingerprint density at radius 2 is 1.72 bits per heavy atom. The summed E-state index contributed by atoms with van der Waals surface area (Å²) in [6, 6.07) is 13.4. The van der Waals surface area contributed by atoms with Crippen molar-refractivity contribution in [1.82, 2.24) is 0 Å². The zero-order valence-corrected chi connectivity index (χ0v) is 11.9. The number of nitrogens with one attached hydrogen (secondary N) is 1. The van der Waals surface area contributed by atoms with Gasteiger partial charge < -0.3 is 5.32 Å². The Balaban J connectivity index is 2.21. The molecule has 0 aliphatic heterocycles. The maximum atomic E-state index is 12.1. The predicted octanol–water partition coefficient (Wildman–Crippen LogP) is 4.32. The molecule has 0 saturated heterocycles. The molecular formula is C15H14BrNO. The van der Waals surface area contributed by atoms with Crippen LogP contribution in [-0.2, 0) is 0 Å². The number of rotatable bonds is 2. The van der Waals surface area contributed by atoms with Crippen LogP contribution in [0.4, 0.5) is 5.69 Å². The van der Waals surface area contributed by atoms with Crippen LogP contribution in [0.5, 0.6) is 0 Å². The number of aryl methyl sites for hydroxylation is 2. The van der Waals surface area contributed by atoms with Gasteiger partial charge in [-0.25, -0.2) is 0 Å². The Morgan fingerprint density at radius 1 is 1.06 bits per heavy atom. The Hall–Kier alpha value is -1.61. The van der Waals surface area contributed by atoms with Crippen LogP contribution >= 0.6 is 15.9 Å². The molecule has 1 N–H and O–H groups in total. The lowest BCUT2D eigenvalue weighted by molar-refractivity contribution is 0.102. The summed E-state index contributed by atoms with van der Waals surface area (Å²) in [6.45, 7) is 3.92. The lowest BCUT2D eigenvalue weighted by atomic mass is 10.1. The van der Waals surface area contributed by atoms with Gasteiger partial charge in [-0.3, -0.25) is 4.79 Å². The minimum absolute atomic E-state index is 0.0708. The number of carbonyl (C=O) groups is 1. The lowest BCUT2D eigenvalue weighted by Crippen LogP contribution is -2.13. The van der Waals surface area contributed by atoms with Crippen molar-refractivity contribution in [2.45, 2.75) is 13.8 Å². The first-order valence-electron chi connectivity index (χ1n) is 5.70. The smallest absolute Gasteiger partial charge is 0.255 e. The molecule has 0 fully saturated rings. The van der Waals surface area contributed by atoms with Gasteiger partial charge in [0.2, 0.25) is 0 Å². The second-order valence-electron chi connectivity index (χ2n) is 4.28. The van der Waals surface area contributed by atoms with Gasteiger partial charge in [-0.2, -0.15) is 0 Å². The van der Waals surface area contributed by atoms with Gasteiger partial charge in [-0.05, 0) is 49.7 Å². The highest BCUT2D eigenvalue weighted by Gasteiger charge is 2.09. The van der Waals surface area contributed by atoms with E-state index in [1.165, 1.54) is 0 Å². The summed E-state index contributed by atoms with van der Waals surface area (Å²) in [4.78, 5) is 12.1. The molecule has 0 atom stereocenters. The second-order valence-corrected chi connectivity index (χ2v) is 5.20. The molecule has 0 saturated carbocycles. The maximum absolute atomic E-state index is 12.1. The van der Waals surface area contributed by atoms with Crippen molar-refractivity contribution in [2.24, 2.45) is 0 Å². The summed E-state index contributed by atoms with van der Waals surface area (Å²) in [6.07, 6.45) is 0. The number of hydrogen-bond donors (Lipinski definition) is 1. The monoisotopic (exact) mass is 303 g/mol. The normalized spacial score (nSPS) is 10.2. The van der Waals surface area contributed by atoms with Crippen molar-refractivity contribution < 1.29 is 4.79 Å². The molecule has 2 rings (SSSR count). The molecule has 18 heavy (non-hydrogen) atoms. The van der Waals surface area contributed by atoms with Crippen LogP contribution in [0.25, 0.3) is 0 Å². The van der Waals surface area contributed by atoms with Crippen LogP contribution < -0.4 is 5.32 Å². The van der Waals surface area contributed by atoms with Gasteiger partial charge in [0.05, 0.1) is 0 Å². The molecule has 0 aliphatic rings. The quantitative estimate of drug-likeness (QED) is 0.879. The Kier molecular flexibility index (Phi) is 3.82. The fraction of sp³-hybridized carbons (Fsp3) is 0.133. The first kappa shape index (κ1) is 12.8. The van der Waals surface area contributed by atoms with Crippen molar-refractivity contribution in [3.05, 3.63) is 63.6 Å². The van der Waals surface area contributed by atoms with E-state index < -0.39 is 0 Å². The topological polar surface area (TPSA) is 29.1 Å². The highest BCUT2D eigenvalue weighted by atomic mass is 79.9. The standard InChI is InChI=1S/C15H14BrNO/c1-10-3-4-11(2)14(9-10)15(18)17-13-7-5-12(16)6-8-13/h3-9H,1-2H3,(H,17,18). The fourth-order valence-corrected chi connectivity index (χ4v) is 1.98. The molecule has 3 heteroatoms. The van der Waals surface area contributed by atoms with Gasteiger partial charge in [-0.15, -0.1) is 0 Å². The zero-order chi connectivity index (χ0) is 13.1. The minimum Gasteiger partial charge on any atom is -0.322 e. The molecule has 0 unspecified atom stereocenters. The van der Waals surface area contributed by atoms with Crippen molar-refractivity contribution in [3.63, 3.8) is 0 Å². The van der Waals surface area contributed by atoms with E-state index in [0.29, 0.717) is 0 Å². The number of benzene rings is 2. The summed E-state index contributed by atoms with van der Waals surface area (Å²) in [5.41, 5.74) is 3.58. The molecule has 92 valence electrons. The van der Waals surface area contributed by atoms with Crippen LogP contribution in [0, 0.1) is 13.8 Å². The van der Waals surface area contributed by atoms with Crippen LogP contribution in [0.3, 0.4) is 0 Å². The number of carbonyl (C=O) groups excluding carboxylic acids is 1. The Bertz CT molecular complexity index is 576. The molecule has 2 aromatic carbocycles. The largest absolute Gasteiger partial charge is 0.322 e. The van der Waals surface area contributed by atoms with Crippen molar-refractivity contribution in [2.75, 3.05) is 5.32 Å².